The molecule has 8 heteroatoms. The van der Waals surface area contributed by atoms with E-state index < -0.39 is 18.8 Å². The molecule has 0 aliphatic heterocycles. The van der Waals surface area contributed by atoms with E-state index in [0.717, 1.165) is 24.8 Å². The Morgan fingerprint density at radius 3 is 2.26 bits per heavy atom. The van der Waals surface area contributed by atoms with E-state index in [0.29, 0.717) is 5.56 Å². The maximum Gasteiger partial charge on any atom is 0.422 e. The highest BCUT2D eigenvalue weighted by Crippen LogP contribution is 2.44. The van der Waals surface area contributed by atoms with Crippen LogP contribution in [0.3, 0.4) is 0 Å². The molecule has 1 saturated carbocycles. The van der Waals surface area contributed by atoms with Gasteiger partial charge in [-0.15, -0.1) is 0 Å². The minimum atomic E-state index is -4.45. The number of halogens is 3. The lowest BCUT2D eigenvalue weighted by Crippen LogP contribution is -2.36. The molecule has 0 bridgehead atoms. The maximum atomic E-state index is 12.1. The van der Waals surface area contributed by atoms with E-state index in [-0.39, 0.29) is 22.9 Å². The smallest absolute Gasteiger partial charge is 0.422 e. The number of hydrogen-bond donors (Lipinski definition) is 2. The van der Waals surface area contributed by atoms with Crippen molar-refractivity contribution >= 4 is 5.97 Å². The summed E-state index contributed by atoms with van der Waals surface area (Å²) in [5.41, 5.74) is 0.506. The molecule has 0 saturated heterocycles. The van der Waals surface area contributed by atoms with Gasteiger partial charge in [-0.05, 0) is 58.4 Å². The highest BCUT2D eigenvalue weighted by Gasteiger charge is 2.32. The summed E-state index contributed by atoms with van der Waals surface area (Å²) in [6.45, 7) is 11.1. The summed E-state index contributed by atoms with van der Waals surface area (Å²) in [6, 6.07) is 1.04. The van der Waals surface area contributed by atoms with Gasteiger partial charge in [0.1, 0.15) is 5.75 Å². The van der Waals surface area contributed by atoms with Gasteiger partial charge in [-0.25, -0.2) is 9.78 Å². The number of hydrogen-bond acceptors (Lipinski definition) is 4. The Labute approximate surface area is 209 Å². The van der Waals surface area contributed by atoms with E-state index in [1.165, 1.54) is 64.1 Å². The molecule has 2 N–H and O–H groups in total. The molecular formula is C27H45F3N2O3. The summed E-state index contributed by atoms with van der Waals surface area (Å²) in [5.74, 6) is -0.226. The molecule has 2 rings (SSSR count). The standard InChI is InChI=1S/C16H35N.C11H10F3NO3/c1-6-8-9-12-15(7-2)13-10-11-14-17-16(3,4)5;12-11(13,14)5-18-9-3-8(10(16)17)15-4-7(9)6-1-2-6/h15,17H,6-14H2,1-5H3;3-4,6H,1-2,5H2,(H,16,17). The average Bonchev–Trinajstić information content (AvgIpc) is 3.60. The lowest BCUT2D eigenvalue weighted by molar-refractivity contribution is -0.153. The Morgan fingerprint density at radius 2 is 1.77 bits per heavy atom. The largest absolute Gasteiger partial charge is 0.484 e. The number of rotatable bonds is 14. The van der Waals surface area contributed by atoms with Crippen LogP contribution in [-0.2, 0) is 0 Å². The third-order valence-corrected chi connectivity index (χ3v) is 6.01. The highest BCUT2D eigenvalue weighted by molar-refractivity contribution is 5.85. The first kappa shape index (κ1) is 31.2. The molecule has 35 heavy (non-hydrogen) atoms. The molecule has 1 heterocycles. The van der Waals surface area contributed by atoms with E-state index in [9.17, 15) is 18.0 Å². The van der Waals surface area contributed by atoms with Crippen molar-refractivity contribution in [2.24, 2.45) is 5.92 Å². The zero-order valence-electron chi connectivity index (χ0n) is 22.1. The van der Waals surface area contributed by atoms with Crippen molar-refractivity contribution in [3.05, 3.63) is 23.5 Å². The van der Waals surface area contributed by atoms with Gasteiger partial charge in [0, 0.05) is 23.4 Å². The molecule has 1 aromatic rings. The summed E-state index contributed by atoms with van der Waals surface area (Å²) in [6.07, 6.45) is 9.76. The lowest BCUT2D eigenvalue weighted by Gasteiger charge is -2.21. The molecule has 0 radical (unpaired) electrons. The van der Waals surface area contributed by atoms with E-state index in [2.05, 4.69) is 49.7 Å². The normalized spacial score (nSPS) is 14.7. The molecule has 1 unspecified atom stereocenters. The van der Waals surface area contributed by atoms with Crippen molar-refractivity contribution in [2.45, 2.75) is 116 Å². The van der Waals surface area contributed by atoms with Crippen molar-refractivity contribution in [2.75, 3.05) is 13.2 Å². The predicted octanol–water partition coefficient (Wildman–Crippen LogP) is 7.75. The Hall–Kier alpha value is -1.83. The first-order chi connectivity index (χ1) is 16.4. The van der Waals surface area contributed by atoms with Crippen LogP contribution < -0.4 is 10.1 Å². The molecule has 0 aromatic carbocycles. The summed E-state index contributed by atoms with van der Waals surface area (Å²) < 4.78 is 40.9. The molecule has 1 aromatic heterocycles. The Kier molecular flexibility index (Phi) is 13.7. The van der Waals surface area contributed by atoms with Crippen molar-refractivity contribution < 1.29 is 27.8 Å². The van der Waals surface area contributed by atoms with Crippen LogP contribution in [0.5, 0.6) is 5.75 Å². The van der Waals surface area contributed by atoms with Crippen LogP contribution in [0.1, 0.15) is 121 Å². The summed E-state index contributed by atoms with van der Waals surface area (Å²) >= 11 is 0. The van der Waals surface area contributed by atoms with E-state index in [4.69, 9.17) is 5.11 Å². The summed E-state index contributed by atoms with van der Waals surface area (Å²) in [5, 5.41) is 12.3. The first-order valence-corrected chi connectivity index (χ1v) is 13.0. The van der Waals surface area contributed by atoms with Crippen LogP contribution >= 0.6 is 0 Å². The topological polar surface area (TPSA) is 71.5 Å². The predicted molar refractivity (Wildman–Crippen MR) is 134 cm³/mol. The number of pyridine rings is 1. The number of carboxylic acids is 1. The molecule has 202 valence electrons. The first-order valence-electron chi connectivity index (χ1n) is 13.0. The van der Waals surface area contributed by atoms with Gasteiger partial charge in [-0.1, -0.05) is 58.8 Å². The second kappa shape index (κ2) is 15.3. The van der Waals surface area contributed by atoms with Gasteiger partial charge in [0.2, 0.25) is 0 Å². The number of carbonyl (C=O) groups is 1. The van der Waals surface area contributed by atoms with Gasteiger partial charge >= 0.3 is 12.1 Å². The second-order valence-electron chi connectivity index (χ2n) is 10.5. The summed E-state index contributed by atoms with van der Waals surface area (Å²) in [4.78, 5) is 14.4. The zero-order valence-corrected chi connectivity index (χ0v) is 22.1. The lowest BCUT2D eigenvalue weighted by atomic mass is 9.93. The zero-order chi connectivity index (χ0) is 26.5. The number of nitrogens with zero attached hydrogens (tertiary/aromatic N) is 1. The number of unbranched alkanes of at least 4 members (excludes halogenated alkanes) is 3. The third kappa shape index (κ3) is 15.0. The van der Waals surface area contributed by atoms with Crippen molar-refractivity contribution in [3.8, 4) is 5.75 Å². The van der Waals surface area contributed by atoms with Crippen molar-refractivity contribution in [1.29, 1.82) is 0 Å². The fourth-order valence-electron chi connectivity index (χ4n) is 3.81. The number of ether oxygens (including phenoxy) is 1. The van der Waals surface area contributed by atoms with E-state index >= 15 is 0 Å². The second-order valence-corrected chi connectivity index (χ2v) is 10.5. The van der Waals surface area contributed by atoms with E-state index in [1.807, 2.05) is 0 Å². The molecule has 0 spiro atoms. The fraction of sp³-hybridized carbons (Fsp3) is 0.778. The molecule has 1 atom stereocenters. The van der Waals surface area contributed by atoms with E-state index in [1.54, 1.807) is 0 Å². The molecule has 1 fully saturated rings. The number of nitrogens with one attached hydrogen (secondary N) is 1. The maximum absolute atomic E-state index is 12.1. The summed E-state index contributed by atoms with van der Waals surface area (Å²) in [7, 11) is 0. The van der Waals surface area contributed by atoms with Gasteiger partial charge < -0.3 is 15.2 Å². The van der Waals surface area contributed by atoms with Crippen molar-refractivity contribution in [3.63, 3.8) is 0 Å². The van der Waals surface area contributed by atoms with Gasteiger partial charge in [0.15, 0.2) is 12.3 Å². The Morgan fingerprint density at radius 1 is 1.14 bits per heavy atom. The Balaban J connectivity index is 0.000000351. The number of aromatic carboxylic acids is 1. The van der Waals surface area contributed by atoms with Crippen LogP contribution in [0.4, 0.5) is 13.2 Å². The third-order valence-electron chi connectivity index (χ3n) is 6.01. The van der Waals surface area contributed by atoms with Crippen molar-refractivity contribution in [1.82, 2.24) is 10.3 Å². The fourth-order valence-corrected chi connectivity index (χ4v) is 3.81. The average molecular weight is 503 g/mol. The minimum absolute atomic E-state index is 0.0396. The van der Waals surface area contributed by atoms with Gasteiger partial charge in [-0.2, -0.15) is 13.2 Å². The molecule has 1 aliphatic rings. The van der Waals surface area contributed by atoms with Gasteiger partial charge in [-0.3, -0.25) is 0 Å². The van der Waals surface area contributed by atoms with Gasteiger partial charge in [0.25, 0.3) is 0 Å². The van der Waals surface area contributed by atoms with Crippen LogP contribution in [0, 0.1) is 5.92 Å². The van der Waals surface area contributed by atoms with Gasteiger partial charge in [0.05, 0.1) is 0 Å². The number of carboxylic acid groups (broad SMARTS) is 1. The van der Waals surface area contributed by atoms with Crippen LogP contribution in [0.25, 0.3) is 0 Å². The monoisotopic (exact) mass is 502 g/mol. The van der Waals surface area contributed by atoms with Crippen LogP contribution in [-0.4, -0.2) is 40.9 Å². The quantitative estimate of drug-likeness (QED) is 0.255. The number of aromatic nitrogens is 1. The molecule has 1 aliphatic carbocycles. The molecule has 0 amide bonds. The highest BCUT2D eigenvalue weighted by atomic mass is 19.4. The molecule has 5 nitrogen and oxygen atoms in total. The minimum Gasteiger partial charge on any atom is -0.484 e. The van der Waals surface area contributed by atoms with Crippen LogP contribution in [0.2, 0.25) is 0 Å². The SMILES string of the molecule is CCCCCC(CC)CCCCNC(C)(C)C.O=C(O)c1cc(OCC(F)(F)F)c(C2CC2)cn1. The van der Waals surface area contributed by atoms with Crippen LogP contribution in [0.15, 0.2) is 12.3 Å². The molecular weight excluding hydrogens is 457 g/mol. The Bertz CT molecular complexity index is 744. The number of alkyl halides is 3.